The number of amides is 2. The molecule has 1 aromatic heterocycles. The summed E-state index contributed by atoms with van der Waals surface area (Å²) in [5, 5.41) is 11.5. The number of carbonyl (C=O) groups is 2. The lowest BCUT2D eigenvalue weighted by Crippen LogP contribution is -2.47. The first-order chi connectivity index (χ1) is 19.4. The standard InChI is InChI=1S/C31H28N4O5/c1-20-9-10-22(18-28(20)35(38)39)31(37)33(23-13-14-23)19-29(36)34-26-7-4-3-6-25(26)32-17-5-8-27(32)30(34)21-11-15-24(40-2)16-12-21/h3-12,15-18,23,30H,13-14,19H2,1-2H3. The van der Waals surface area contributed by atoms with Crippen LogP contribution in [0.2, 0.25) is 0 Å². The Hall–Kier alpha value is -4.92. The second-order valence-corrected chi connectivity index (χ2v) is 10.2. The zero-order chi connectivity index (χ0) is 28.0. The number of hydrogen-bond donors (Lipinski definition) is 0. The van der Waals surface area contributed by atoms with E-state index in [2.05, 4.69) is 4.57 Å². The van der Waals surface area contributed by atoms with E-state index in [1.54, 1.807) is 36.0 Å². The van der Waals surface area contributed by atoms with Crippen LogP contribution in [0.5, 0.6) is 5.75 Å². The molecular weight excluding hydrogens is 508 g/mol. The van der Waals surface area contributed by atoms with E-state index >= 15 is 0 Å². The lowest BCUT2D eigenvalue weighted by atomic mass is 9.97. The van der Waals surface area contributed by atoms with Crippen LogP contribution in [0.4, 0.5) is 11.4 Å². The van der Waals surface area contributed by atoms with Crippen molar-refractivity contribution in [2.24, 2.45) is 0 Å². The number of aryl methyl sites for hydroxylation is 1. The summed E-state index contributed by atoms with van der Waals surface area (Å²) in [5.41, 5.74) is 4.02. The molecule has 3 aromatic carbocycles. The number of fused-ring (bicyclic) bond motifs is 3. The van der Waals surface area contributed by atoms with Crippen molar-refractivity contribution in [1.29, 1.82) is 0 Å². The summed E-state index contributed by atoms with van der Waals surface area (Å²) in [6, 6.07) is 23.3. The lowest BCUT2D eigenvalue weighted by molar-refractivity contribution is -0.385. The Labute approximate surface area is 231 Å². The fourth-order valence-corrected chi connectivity index (χ4v) is 5.44. The maximum atomic E-state index is 14.3. The lowest BCUT2D eigenvalue weighted by Gasteiger charge is -2.39. The quantitative estimate of drug-likeness (QED) is 0.231. The van der Waals surface area contributed by atoms with Gasteiger partial charge in [-0.15, -0.1) is 0 Å². The highest BCUT2D eigenvalue weighted by Crippen LogP contribution is 2.43. The molecule has 1 aliphatic heterocycles. The molecule has 0 N–H and O–H groups in total. The highest BCUT2D eigenvalue weighted by atomic mass is 16.6. The molecule has 9 nitrogen and oxygen atoms in total. The van der Waals surface area contributed by atoms with Crippen LogP contribution in [-0.4, -0.2) is 45.9 Å². The molecule has 202 valence electrons. The van der Waals surface area contributed by atoms with Crippen molar-refractivity contribution in [3.63, 3.8) is 0 Å². The van der Waals surface area contributed by atoms with Gasteiger partial charge in [-0.25, -0.2) is 0 Å². The second-order valence-electron chi connectivity index (χ2n) is 10.2. The Bertz CT molecular complexity index is 1620. The van der Waals surface area contributed by atoms with E-state index in [-0.39, 0.29) is 35.7 Å². The van der Waals surface area contributed by atoms with Crippen molar-refractivity contribution < 1.29 is 19.2 Å². The zero-order valence-electron chi connectivity index (χ0n) is 22.2. The third-order valence-electron chi connectivity index (χ3n) is 7.63. The Kier molecular flexibility index (Phi) is 6.34. The molecule has 1 saturated carbocycles. The van der Waals surface area contributed by atoms with E-state index in [4.69, 9.17) is 4.74 Å². The number of methoxy groups -OCH3 is 1. The van der Waals surface area contributed by atoms with E-state index in [1.165, 1.54) is 6.07 Å². The van der Waals surface area contributed by atoms with Crippen LogP contribution in [0.1, 0.15) is 46.1 Å². The molecule has 9 heteroatoms. The fraction of sp³-hybridized carbons (Fsp3) is 0.226. The van der Waals surface area contributed by atoms with E-state index in [9.17, 15) is 19.7 Å². The smallest absolute Gasteiger partial charge is 0.273 e. The average molecular weight is 537 g/mol. The maximum absolute atomic E-state index is 14.3. The number of benzene rings is 3. The van der Waals surface area contributed by atoms with Gasteiger partial charge in [0.25, 0.3) is 11.6 Å². The molecule has 0 radical (unpaired) electrons. The highest BCUT2D eigenvalue weighted by molar-refractivity contribution is 6.03. The zero-order valence-corrected chi connectivity index (χ0v) is 22.2. The van der Waals surface area contributed by atoms with E-state index in [1.807, 2.05) is 66.9 Å². The molecule has 40 heavy (non-hydrogen) atoms. The van der Waals surface area contributed by atoms with Crippen molar-refractivity contribution in [3.8, 4) is 11.4 Å². The highest BCUT2D eigenvalue weighted by Gasteiger charge is 2.40. The molecule has 0 saturated heterocycles. The number of para-hydroxylation sites is 2. The van der Waals surface area contributed by atoms with Gasteiger partial charge < -0.3 is 14.2 Å². The number of hydrogen-bond acceptors (Lipinski definition) is 5. The number of anilines is 1. The minimum atomic E-state index is -0.488. The largest absolute Gasteiger partial charge is 0.497 e. The Morgan fingerprint density at radius 1 is 1.00 bits per heavy atom. The topological polar surface area (TPSA) is 97.9 Å². The summed E-state index contributed by atoms with van der Waals surface area (Å²) < 4.78 is 7.44. The monoisotopic (exact) mass is 536 g/mol. The number of nitro groups is 1. The number of nitro benzene ring substituents is 1. The minimum Gasteiger partial charge on any atom is -0.497 e. The van der Waals surface area contributed by atoms with Gasteiger partial charge in [0.2, 0.25) is 5.91 Å². The number of carbonyl (C=O) groups excluding carboxylic acids is 2. The van der Waals surface area contributed by atoms with E-state index in [0.717, 1.165) is 35.5 Å². The fourth-order valence-electron chi connectivity index (χ4n) is 5.44. The number of rotatable bonds is 7. The third-order valence-corrected chi connectivity index (χ3v) is 7.63. The van der Waals surface area contributed by atoms with Gasteiger partial charge in [0, 0.05) is 29.4 Å². The van der Waals surface area contributed by atoms with Crippen molar-refractivity contribution in [3.05, 3.63) is 118 Å². The summed E-state index contributed by atoms with van der Waals surface area (Å²) in [6.07, 6.45) is 3.56. The molecule has 1 unspecified atom stereocenters. The second kappa shape index (κ2) is 10.00. The Balaban J connectivity index is 1.39. The first kappa shape index (κ1) is 25.4. The van der Waals surface area contributed by atoms with Crippen LogP contribution >= 0.6 is 0 Å². The molecular formula is C31H28N4O5. The number of aromatic nitrogens is 1. The van der Waals surface area contributed by atoms with Gasteiger partial charge in [0.05, 0.1) is 29.1 Å². The molecule has 2 heterocycles. The summed E-state index contributed by atoms with van der Waals surface area (Å²) >= 11 is 0. The first-order valence-electron chi connectivity index (χ1n) is 13.2. The van der Waals surface area contributed by atoms with Gasteiger partial charge in [-0.05, 0) is 67.8 Å². The van der Waals surface area contributed by atoms with Gasteiger partial charge in [0.1, 0.15) is 18.3 Å². The van der Waals surface area contributed by atoms with Crippen LogP contribution in [0, 0.1) is 17.0 Å². The molecule has 1 atom stereocenters. The summed E-state index contributed by atoms with van der Waals surface area (Å²) in [7, 11) is 1.61. The summed E-state index contributed by atoms with van der Waals surface area (Å²) in [4.78, 5) is 42.3. The average Bonchev–Trinajstić information content (AvgIpc) is 3.70. The minimum absolute atomic E-state index is 0.0832. The Morgan fingerprint density at radius 2 is 1.73 bits per heavy atom. The Morgan fingerprint density at radius 3 is 2.40 bits per heavy atom. The normalized spacial score (nSPS) is 15.7. The SMILES string of the molecule is COc1ccc(C2c3cccn3-c3ccccc3N2C(=O)CN(C(=O)c2ccc(C)c([N+](=O)[O-])c2)C2CC2)cc1. The van der Waals surface area contributed by atoms with Crippen LogP contribution in [0.3, 0.4) is 0 Å². The van der Waals surface area contributed by atoms with Crippen LogP contribution in [0.25, 0.3) is 5.69 Å². The molecule has 1 fully saturated rings. The predicted molar refractivity (Wildman–Crippen MR) is 150 cm³/mol. The molecule has 0 bridgehead atoms. The van der Waals surface area contributed by atoms with Crippen LogP contribution < -0.4 is 9.64 Å². The van der Waals surface area contributed by atoms with Crippen LogP contribution in [-0.2, 0) is 4.79 Å². The molecule has 4 aromatic rings. The molecule has 6 rings (SSSR count). The summed E-state index contributed by atoms with van der Waals surface area (Å²) in [6.45, 7) is 1.49. The van der Waals surface area contributed by atoms with E-state index < -0.39 is 11.0 Å². The van der Waals surface area contributed by atoms with Gasteiger partial charge >= 0.3 is 0 Å². The van der Waals surface area contributed by atoms with E-state index in [0.29, 0.717) is 11.3 Å². The van der Waals surface area contributed by atoms with Crippen molar-refractivity contribution in [1.82, 2.24) is 9.47 Å². The molecule has 0 spiro atoms. The molecule has 2 aliphatic rings. The van der Waals surface area contributed by atoms with Gasteiger partial charge in [0.15, 0.2) is 0 Å². The molecule has 2 amide bonds. The summed E-state index contributed by atoms with van der Waals surface area (Å²) in [5.74, 6) is 0.0992. The van der Waals surface area contributed by atoms with Crippen molar-refractivity contribution >= 4 is 23.2 Å². The van der Waals surface area contributed by atoms with Gasteiger partial charge in [-0.3, -0.25) is 24.6 Å². The van der Waals surface area contributed by atoms with Crippen molar-refractivity contribution in [2.75, 3.05) is 18.6 Å². The number of nitrogens with zero attached hydrogens (tertiary/aromatic N) is 4. The first-order valence-corrected chi connectivity index (χ1v) is 13.2. The predicted octanol–water partition coefficient (Wildman–Crippen LogP) is 5.44. The molecule has 1 aliphatic carbocycles. The van der Waals surface area contributed by atoms with Crippen molar-refractivity contribution in [2.45, 2.75) is 31.8 Å². The van der Waals surface area contributed by atoms with Gasteiger partial charge in [-0.2, -0.15) is 0 Å². The number of ether oxygens (including phenoxy) is 1. The van der Waals surface area contributed by atoms with Gasteiger partial charge in [-0.1, -0.05) is 30.3 Å². The van der Waals surface area contributed by atoms with Crippen LogP contribution in [0.15, 0.2) is 85.1 Å². The maximum Gasteiger partial charge on any atom is 0.273 e. The third kappa shape index (κ3) is 4.39.